The molecule has 3 heterocycles. The molecule has 0 bridgehead atoms. The van der Waals surface area contributed by atoms with Gasteiger partial charge in [0, 0.05) is 25.7 Å². The van der Waals surface area contributed by atoms with Crippen molar-refractivity contribution < 1.29 is 22.8 Å². The minimum absolute atomic E-state index is 0.0409. The summed E-state index contributed by atoms with van der Waals surface area (Å²) in [4.78, 5) is 33.4. The second-order valence-electron chi connectivity index (χ2n) is 8.05. The lowest BCUT2D eigenvalue weighted by Crippen LogP contribution is -2.60. The quantitative estimate of drug-likeness (QED) is 0.761. The van der Waals surface area contributed by atoms with Crippen molar-refractivity contribution >= 4 is 11.8 Å². The highest BCUT2D eigenvalue weighted by Gasteiger charge is 2.53. The van der Waals surface area contributed by atoms with E-state index in [4.69, 9.17) is 0 Å². The number of alkyl halides is 3. The molecular formula is C22H22F3N3O2. The number of aromatic nitrogens is 1. The summed E-state index contributed by atoms with van der Waals surface area (Å²) in [6.07, 6.45) is -1.34. The fraction of sp³-hybridized carbons (Fsp3) is 0.409. The smallest absolute Gasteiger partial charge is 0.332 e. The Morgan fingerprint density at radius 1 is 1.20 bits per heavy atom. The van der Waals surface area contributed by atoms with Gasteiger partial charge in [-0.15, -0.1) is 0 Å². The fourth-order valence-electron chi connectivity index (χ4n) is 4.60. The molecule has 2 aromatic rings. The fourth-order valence-corrected chi connectivity index (χ4v) is 4.60. The Hall–Kier alpha value is -2.90. The van der Waals surface area contributed by atoms with E-state index in [1.54, 1.807) is 34.2 Å². The van der Waals surface area contributed by atoms with Crippen LogP contribution >= 0.6 is 0 Å². The molecule has 2 atom stereocenters. The summed E-state index contributed by atoms with van der Waals surface area (Å²) < 4.78 is 38.5. The molecule has 8 heteroatoms. The van der Waals surface area contributed by atoms with Gasteiger partial charge in [-0.25, -0.2) is 0 Å². The van der Waals surface area contributed by atoms with Crippen LogP contribution in [0.3, 0.4) is 0 Å². The van der Waals surface area contributed by atoms with Gasteiger partial charge in [-0.2, -0.15) is 13.2 Å². The van der Waals surface area contributed by atoms with Gasteiger partial charge in [0.15, 0.2) is 0 Å². The zero-order chi connectivity index (χ0) is 21.5. The maximum absolute atomic E-state index is 13.0. The van der Waals surface area contributed by atoms with E-state index in [2.05, 4.69) is 4.98 Å². The molecule has 0 aliphatic carbocycles. The number of carbonyl (C=O) groups excluding carboxylic acids is 2. The number of halogens is 3. The average Bonchev–Trinajstić information content (AvgIpc) is 3.07. The lowest BCUT2D eigenvalue weighted by atomic mass is 9.83. The predicted octanol–water partition coefficient (Wildman–Crippen LogP) is 3.90. The van der Waals surface area contributed by atoms with Crippen molar-refractivity contribution in [2.24, 2.45) is 0 Å². The first-order chi connectivity index (χ1) is 14.2. The largest absolute Gasteiger partial charge is 0.416 e. The van der Waals surface area contributed by atoms with E-state index in [1.165, 1.54) is 12.1 Å². The Morgan fingerprint density at radius 2 is 1.93 bits per heavy atom. The summed E-state index contributed by atoms with van der Waals surface area (Å²) in [5, 5.41) is 0. The van der Waals surface area contributed by atoms with Crippen LogP contribution in [0.15, 0.2) is 48.7 Å². The van der Waals surface area contributed by atoms with E-state index >= 15 is 0 Å². The lowest BCUT2D eigenvalue weighted by molar-refractivity contribution is -0.144. The highest BCUT2D eigenvalue weighted by Crippen LogP contribution is 2.42. The third-order valence-corrected chi connectivity index (χ3v) is 6.27. The molecule has 1 aromatic carbocycles. The van der Waals surface area contributed by atoms with E-state index < -0.39 is 17.3 Å². The summed E-state index contributed by atoms with van der Waals surface area (Å²) in [7, 11) is 0. The number of hydrogen-bond donors (Lipinski definition) is 0. The molecule has 0 radical (unpaired) electrons. The molecule has 0 unspecified atom stereocenters. The van der Waals surface area contributed by atoms with Crippen LogP contribution < -0.4 is 0 Å². The molecule has 0 N–H and O–H groups in total. The van der Waals surface area contributed by atoms with Gasteiger partial charge in [-0.05, 0) is 49.6 Å². The lowest BCUT2D eigenvalue weighted by Gasteiger charge is -2.47. The number of nitrogens with zero attached hydrogens (tertiary/aromatic N) is 3. The second-order valence-corrected chi connectivity index (χ2v) is 8.05. The molecule has 5 nitrogen and oxygen atoms in total. The molecule has 2 aliphatic heterocycles. The van der Waals surface area contributed by atoms with E-state index in [9.17, 15) is 22.8 Å². The molecule has 4 rings (SSSR count). The molecule has 2 amide bonds. The van der Waals surface area contributed by atoms with Gasteiger partial charge in [0.25, 0.3) is 5.91 Å². The van der Waals surface area contributed by atoms with Crippen LogP contribution in [0.4, 0.5) is 13.2 Å². The van der Waals surface area contributed by atoms with Crippen molar-refractivity contribution in [3.63, 3.8) is 0 Å². The molecule has 0 spiro atoms. The molecular weight excluding hydrogens is 395 g/mol. The van der Waals surface area contributed by atoms with Crippen molar-refractivity contribution in [2.45, 2.75) is 50.5 Å². The Bertz CT molecular complexity index is 946. The highest BCUT2D eigenvalue weighted by molar-refractivity contribution is 5.93. The number of hydrogen-bond acceptors (Lipinski definition) is 3. The highest BCUT2D eigenvalue weighted by atomic mass is 19.4. The van der Waals surface area contributed by atoms with E-state index in [0.717, 1.165) is 12.1 Å². The summed E-state index contributed by atoms with van der Waals surface area (Å²) in [6.45, 7) is 2.69. The van der Waals surface area contributed by atoms with Gasteiger partial charge in [0.1, 0.15) is 5.69 Å². The first kappa shape index (κ1) is 20.4. The van der Waals surface area contributed by atoms with Gasteiger partial charge in [0.2, 0.25) is 5.91 Å². The summed E-state index contributed by atoms with van der Waals surface area (Å²) in [5.41, 5.74) is -0.281. The zero-order valence-corrected chi connectivity index (χ0v) is 16.5. The number of fused-ring (bicyclic) bond motifs is 1. The molecule has 0 saturated carbocycles. The normalized spacial score (nSPS) is 24.1. The van der Waals surface area contributed by atoms with Crippen molar-refractivity contribution in [2.75, 3.05) is 6.54 Å². The monoisotopic (exact) mass is 417 g/mol. The van der Waals surface area contributed by atoms with Gasteiger partial charge in [-0.3, -0.25) is 14.6 Å². The minimum atomic E-state index is -4.39. The molecule has 2 aliphatic rings. The third kappa shape index (κ3) is 3.55. The number of likely N-dealkylation sites (tertiary alicyclic amines) is 2. The van der Waals surface area contributed by atoms with Gasteiger partial charge < -0.3 is 9.80 Å². The predicted molar refractivity (Wildman–Crippen MR) is 103 cm³/mol. The minimum Gasteiger partial charge on any atom is -0.332 e. The number of rotatable bonds is 3. The summed E-state index contributed by atoms with van der Waals surface area (Å²) in [6, 6.07) is 9.92. The first-order valence-corrected chi connectivity index (χ1v) is 9.89. The van der Waals surface area contributed by atoms with Crippen LogP contribution in [-0.2, 0) is 17.5 Å². The topological polar surface area (TPSA) is 53.5 Å². The van der Waals surface area contributed by atoms with Crippen molar-refractivity contribution in [3.8, 4) is 0 Å². The van der Waals surface area contributed by atoms with Gasteiger partial charge >= 0.3 is 6.18 Å². The number of piperidine rings is 1. The third-order valence-electron chi connectivity index (χ3n) is 6.27. The second kappa shape index (κ2) is 7.41. The molecule has 30 heavy (non-hydrogen) atoms. The van der Waals surface area contributed by atoms with Crippen molar-refractivity contribution in [1.29, 1.82) is 0 Å². The molecule has 2 fully saturated rings. The first-order valence-electron chi connectivity index (χ1n) is 9.89. The Morgan fingerprint density at radius 3 is 2.57 bits per heavy atom. The van der Waals surface area contributed by atoms with E-state index in [-0.39, 0.29) is 24.4 Å². The Balaban J connectivity index is 1.56. The zero-order valence-electron chi connectivity index (χ0n) is 16.5. The van der Waals surface area contributed by atoms with Crippen molar-refractivity contribution in [1.82, 2.24) is 14.8 Å². The summed E-state index contributed by atoms with van der Waals surface area (Å²) in [5.74, 6) is -0.200. The summed E-state index contributed by atoms with van der Waals surface area (Å²) >= 11 is 0. The van der Waals surface area contributed by atoms with Crippen molar-refractivity contribution in [3.05, 3.63) is 65.5 Å². The Labute approximate surface area is 172 Å². The molecule has 1 aromatic heterocycles. The van der Waals surface area contributed by atoms with Crippen LogP contribution in [0.1, 0.15) is 47.8 Å². The molecule has 2 saturated heterocycles. The average molecular weight is 417 g/mol. The number of benzene rings is 1. The number of carbonyl (C=O) groups is 2. The van der Waals surface area contributed by atoms with E-state index in [0.29, 0.717) is 37.1 Å². The van der Waals surface area contributed by atoms with Crippen LogP contribution in [0, 0.1) is 0 Å². The van der Waals surface area contributed by atoms with Gasteiger partial charge in [-0.1, -0.05) is 18.2 Å². The van der Waals surface area contributed by atoms with E-state index in [1.807, 2.05) is 6.92 Å². The van der Waals surface area contributed by atoms with Gasteiger partial charge in [0.05, 0.1) is 17.1 Å². The SMILES string of the molecule is C[C@]12CCN(C(=O)c3ccccn3)[C@H]1CCC(=O)N2Cc1ccc(C(F)(F)F)cc1. The number of amides is 2. The maximum Gasteiger partial charge on any atom is 0.416 e. The van der Waals surface area contributed by atoms with Crippen LogP contribution in [-0.4, -0.2) is 44.7 Å². The van der Waals surface area contributed by atoms with Crippen LogP contribution in [0.25, 0.3) is 0 Å². The molecule has 158 valence electrons. The standard InChI is InChI=1S/C22H22F3N3O2/c1-21-11-13-27(20(30)17-4-2-3-12-26-17)18(21)9-10-19(29)28(21)14-15-5-7-16(8-6-15)22(23,24)25/h2-8,12,18H,9-11,13-14H2,1H3/t18-,21-/m0/s1. The maximum atomic E-state index is 13.0. The Kier molecular flexibility index (Phi) is 5.03. The number of pyridine rings is 1. The van der Waals surface area contributed by atoms with Crippen LogP contribution in [0.2, 0.25) is 0 Å². The van der Waals surface area contributed by atoms with Crippen LogP contribution in [0.5, 0.6) is 0 Å².